The molecule has 0 bridgehead atoms. The average Bonchev–Trinajstić information content (AvgIpc) is 3.15. The van der Waals surface area contributed by atoms with Crippen LogP contribution in [-0.2, 0) is 0 Å². The molecule has 0 spiro atoms. The molecule has 7 heteroatoms. The zero-order valence-electron chi connectivity index (χ0n) is 15.9. The number of hydrogen-bond acceptors (Lipinski definition) is 6. The van der Waals surface area contributed by atoms with Crippen LogP contribution < -0.4 is 21.1 Å². The third-order valence-electron chi connectivity index (χ3n) is 5.77. The summed E-state index contributed by atoms with van der Waals surface area (Å²) >= 11 is 0. The fourth-order valence-corrected chi connectivity index (χ4v) is 4.20. The first kappa shape index (κ1) is 19.5. The Balaban J connectivity index is 0.00000205. The van der Waals surface area contributed by atoms with Gasteiger partial charge in [0.25, 0.3) is 0 Å². The van der Waals surface area contributed by atoms with Crippen molar-refractivity contribution >= 4 is 24.0 Å². The van der Waals surface area contributed by atoms with Crippen molar-refractivity contribution < 1.29 is 4.74 Å². The van der Waals surface area contributed by atoms with Crippen molar-refractivity contribution in [3.63, 3.8) is 0 Å². The molecule has 1 aliphatic heterocycles. The molecule has 6 nitrogen and oxygen atoms in total. The van der Waals surface area contributed by atoms with Crippen LogP contribution in [0, 0.1) is 17.8 Å². The van der Waals surface area contributed by atoms with Gasteiger partial charge < -0.3 is 21.1 Å². The van der Waals surface area contributed by atoms with E-state index in [1.807, 2.05) is 54.6 Å². The van der Waals surface area contributed by atoms with Crippen molar-refractivity contribution in [1.82, 2.24) is 15.3 Å². The highest BCUT2D eigenvalue weighted by Gasteiger charge is 2.52. The Hall–Kier alpha value is -2.83. The third-order valence-corrected chi connectivity index (χ3v) is 5.77. The Morgan fingerprint density at radius 3 is 2.38 bits per heavy atom. The molecule has 2 aliphatic rings. The first-order valence-electron chi connectivity index (χ1n) is 9.68. The lowest BCUT2D eigenvalue weighted by atomic mass is 10.1. The number of nitrogen functional groups attached to an aromatic ring is 1. The highest BCUT2D eigenvalue weighted by Crippen LogP contribution is 2.48. The van der Waals surface area contributed by atoms with Gasteiger partial charge in [0.05, 0.1) is 5.56 Å². The van der Waals surface area contributed by atoms with Crippen LogP contribution in [0.1, 0.15) is 0 Å². The maximum atomic E-state index is 6.20. The normalized spacial score (nSPS) is 21.7. The summed E-state index contributed by atoms with van der Waals surface area (Å²) in [5.74, 6) is 5.21. The van der Waals surface area contributed by atoms with Crippen molar-refractivity contribution in [2.45, 2.75) is 0 Å². The molecular weight excluding hydrogens is 386 g/mol. The van der Waals surface area contributed by atoms with Crippen molar-refractivity contribution in [2.24, 2.45) is 17.8 Å². The quantitative estimate of drug-likeness (QED) is 0.574. The topological polar surface area (TPSA) is 85.1 Å². The van der Waals surface area contributed by atoms with Crippen LogP contribution in [0.4, 0.5) is 11.6 Å². The van der Waals surface area contributed by atoms with E-state index in [2.05, 4.69) is 20.6 Å². The Kier molecular flexibility index (Phi) is 5.56. The maximum absolute atomic E-state index is 6.20. The number of nitrogens with zero attached hydrogens (tertiary/aromatic N) is 2. The Bertz CT molecular complexity index is 957. The highest BCUT2D eigenvalue weighted by atomic mass is 35.5. The third kappa shape index (κ3) is 3.99. The molecule has 4 N–H and O–H groups in total. The van der Waals surface area contributed by atoms with Gasteiger partial charge in [-0.25, -0.2) is 9.97 Å². The lowest BCUT2D eigenvalue weighted by molar-refractivity contribution is 0.483. The molecule has 1 saturated heterocycles. The molecule has 1 unspecified atom stereocenters. The van der Waals surface area contributed by atoms with Crippen molar-refractivity contribution in [1.29, 1.82) is 0 Å². The van der Waals surface area contributed by atoms with Crippen LogP contribution in [0.5, 0.6) is 11.5 Å². The van der Waals surface area contributed by atoms with Crippen LogP contribution >= 0.6 is 12.4 Å². The van der Waals surface area contributed by atoms with E-state index in [1.54, 1.807) is 0 Å². The number of benzene rings is 2. The summed E-state index contributed by atoms with van der Waals surface area (Å²) in [7, 11) is 0. The number of anilines is 2. The Morgan fingerprint density at radius 1 is 0.966 bits per heavy atom. The van der Waals surface area contributed by atoms with Crippen LogP contribution in [0.3, 0.4) is 0 Å². The van der Waals surface area contributed by atoms with Gasteiger partial charge in [0.1, 0.15) is 29.5 Å². The molecule has 2 heterocycles. The van der Waals surface area contributed by atoms with Gasteiger partial charge in [-0.2, -0.15) is 0 Å². The van der Waals surface area contributed by atoms with Gasteiger partial charge in [-0.1, -0.05) is 30.3 Å². The van der Waals surface area contributed by atoms with Gasteiger partial charge in [0, 0.05) is 6.54 Å². The second-order valence-corrected chi connectivity index (χ2v) is 7.45. The SMILES string of the molecule is Cl.Nc1ncnc(NCC2[C@H]3CNC[C@@H]23)c1-c1ccc(Oc2ccccc2)cc1. The van der Waals surface area contributed by atoms with Gasteiger partial charge in [-0.3, -0.25) is 0 Å². The fraction of sp³-hybridized carbons (Fsp3) is 0.273. The average molecular weight is 410 g/mol. The number of nitrogens with two attached hydrogens (primary N) is 1. The number of piperidine rings is 1. The molecule has 3 aromatic rings. The molecule has 1 saturated carbocycles. The molecule has 1 aliphatic carbocycles. The van der Waals surface area contributed by atoms with E-state index in [0.717, 1.165) is 65.8 Å². The number of fused-ring (bicyclic) bond motifs is 1. The van der Waals surface area contributed by atoms with E-state index in [9.17, 15) is 0 Å². The summed E-state index contributed by atoms with van der Waals surface area (Å²) in [4.78, 5) is 8.64. The monoisotopic (exact) mass is 409 g/mol. The van der Waals surface area contributed by atoms with Gasteiger partial charge in [-0.15, -0.1) is 12.4 Å². The number of hydrogen-bond donors (Lipinski definition) is 3. The summed E-state index contributed by atoms with van der Waals surface area (Å²) < 4.78 is 5.88. The van der Waals surface area contributed by atoms with E-state index in [1.165, 1.54) is 6.33 Å². The predicted octanol–water partition coefficient (Wildman–Crippen LogP) is 3.82. The molecule has 29 heavy (non-hydrogen) atoms. The molecular formula is C22H24ClN5O. The number of halogens is 1. The van der Waals surface area contributed by atoms with Crippen LogP contribution in [0.15, 0.2) is 60.9 Å². The lowest BCUT2D eigenvalue weighted by Gasteiger charge is -2.14. The molecule has 0 amide bonds. The standard InChI is InChI=1S/C22H23N5O.ClH/c23-21-20(14-6-8-16(9-7-14)28-15-4-2-1-3-5-15)22(27-13-26-21)25-12-19-17-10-24-11-18(17)19;/h1-9,13,17-19,24H,10-12H2,(H3,23,25,26,27);1H/t17-,18+,19?;. The summed E-state index contributed by atoms with van der Waals surface area (Å²) in [6.07, 6.45) is 1.52. The second-order valence-electron chi connectivity index (χ2n) is 7.45. The molecule has 2 fully saturated rings. The summed E-state index contributed by atoms with van der Waals surface area (Å²) in [5, 5.41) is 6.94. The van der Waals surface area contributed by atoms with Crippen LogP contribution in [0.2, 0.25) is 0 Å². The number of para-hydroxylation sites is 1. The van der Waals surface area contributed by atoms with E-state index in [0.29, 0.717) is 5.82 Å². The minimum atomic E-state index is 0. The fourth-order valence-electron chi connectivity index (χ4n) is 4.20. The largest absolute Gasteiger partial charge is 0.457 e. The van der Waals surface area contributed by atoms with Crippen molar-refractivity contribution in [3.8, 4) is 22.6 Å². The smallest absolute Gasteiger partial charge is 0.139 e. The minimum absolute atomic E-state index is 0. The second kappa shape index (κ2) is 8.27. The van der Waals surface area contributed by atoms with E-state index in [4.69, 9.17) is 10.5 Å². The van der Waals surface area contributed by atoms with Crippen molar-refractivity contribution in [2.75, 3.05) is 30.7 Å². The Labute approximate surface area is 176 Å². The zero-order chi connectivity index (χ0) is 18.9. The minimum Gasteiger partial charge on any atom is -0.457 e. The van der Waals surface area contributed by atoms with Crippen LogP contribution in [-0.4, -0.2) is 29.6 Å². The summed E-state index contributed by atoms with van der Waals surface area (Å²) in [5.41, 5.74) is 8.01. The van der Waals surface area contributed by atoms with E-state index >= 15 is 0 Å². The molecule has 5 rings (SSSR count). The van der Waals surface area contributed by atoms with Gasteiger partial charge in [0.2, 0.25) is 0 Å². The summed E-state index contributed by atoms with van der Waals surface area (Å²) in [6, 6.07) is 17.6. The van der Waals surface area contributed by atoms with Gasteiger partial charge in [0.15, 0.2) is 0 Å². The number of aromatic nitrogens is 2. The lowest BCUT2D eigenvalue weighted by Crippen LogP contribution is -2.19. The molecule has 3 atom stereocenters. The van der Waals surface area contributed by atoms with Gasteiger partial charge >= 0.3 is 0 Å². The molecule has 150 valence electrons. The summed E-state index contributed by atoms with van der Waals surface area (Å²) in [6.45, 7) is 3.20. The van der Waals surface area contributed by atoms with E-state index < -0.39 is 0 Å². The molecule has 0 radical (unpaired) electrons. The first-order valence-corrected chi connectivity index (χ1v) is 9.68. The van der Waals surface area contributed by atoms with Crippen molar-refractivity contribution in [3.05, 3.63) is 60.9 Å². The number of rotatable bonds is 6. The van der Waals surface area contributed by atoms with E-state index in [-0.39, 0.29) is 12.4 Å². The molecule has 1 aromatic heterocycles. The molecule has 2 aromatic carbocycles. The zero-order valence-corrected chi connectivity index (χ0v) is 16.7. The Morgan fingerprint density at radius 2 is 1.66 bits per heavy atom. The van der Waals surface area contributed by atoms with Gasteiger partial charge in [-0.05, 0) is 60.7 Å². The maximum Gasteiger partial charge on any atom is 0.139 e. The number of ether oxygens (including phenoxy) is 1. The first-order chi connectivity index (χ1) is 13.8. The highest BCUT2D eigenvalue weighted by molar-refractivity contribution is 5.85. The van der Waals surface area contributed by atoms with Crippen LogP contribution in [0.25, 0.3) is 11.1 Å². The number of nitrogens with one attached hydrogen (secondary N) is 2. The predicted molar refractivity (Wildman–Crippen MR) is 117 cm³/mol.